The number of benzene rings is 3. The van der Waals surface area contributed by atoms with E-state index in [2.05, 4.69) is 29.4 Å². The first-order chi connectivity index (χ1) is 13.2. The van der Waals surface area contributed by atoms with E-state index < -0.39 is 0 Å². The van der Waals surface area contributed by atoms with Crippen molar-refractivity contribution in [1.29, 1.82) is 0 Å². The van der Waals surface area contributed by atoms with E-state index in [0.29, 0.717) is 0 Å². The van der Waals surface area contributed by atoms with E-state index in [9.17, 15) is 8.78 Å². The molecule has 3 aromatic carbocycles. The Morgan fingerprint density at radius 1 is 0.815 bits per heavy atom. The van der Waals surface area contributed by atoms with E-state index >= 15 is 0 Å². The normalized spacial score (nSPS) is 10.9. The molecule has 1 heterocycles. The Hall–Kier alpha value is -3.34. The van der Waals surface area contributed by atoms with E-state index in [1.807, 2.05) is 6.07 Å². The highest BCUT2D eigenvalue weighted by Gasteiger charge is 2.15. The van der Waals surface area contributed by atoms with Crippen molar-refractivity contribution in [2.45, 2.75) is 13.3 Å². The Morgan fingerprint density at radius 2 is 1.48 bits per heavy atom. The molecule has 0 aliphatic heterocycles. The molecule has 0 saturated carbocycles. The molecule has 0 radical (unpaired) electrons. The molecule has 4 aromatic rings. The molecule has 5 heteroatoms. The van der Waals surface area contributed by atoms with Crippen LogP contribution in [0.1, 0.15) is 12.5 Å². The summed E-state index contributed by atoms with van der Waals surface area (Å²) >= 11 is 0. The highest BCUT2D eigenvalue weighted by Crippen LogP contribution is 2.34. The van der Waals surface area contributed by atoms with Crippen molar-refractivity contribution in [3.05, 3.63) is 90.1 Å². The third kappa shape index (κ3) is 3.36. The average molecular weight is 361 g/mol. The standard InChI is InChI=1S/C22H17F2N3/c1-2-15-3-12-20(16-4-6-17(23)7-5-16)21(13-15)22-14-25-26-27(22)19-10-8-18(24)9-11-19/h3-14H,2H2,1H3. The minimum absolute atomic E-state index is 0.275. The second kappa shape index (κ2) is 7.11. The molecule has 0 spiro atoms. The molecular weight excluding hydrogens is 344 g/mol. The van der Waals surface area contributed by atoms with Crippen LogP contribution < -0.4 is 0 Å². The fourth-order valence-corrected chi connectivity index (χ4v) is 3.10. The SMILES string of the molecule is CCc1ccc(-c2ccc(F)cc2)c(-c2cnnn2-c2ccc(F)cc2)c1. The van der Waals surface area contributed by atoms with Crippen molar-refractivity contribution in [2.75, 3.05) is 0 Å². The summed E-state index contributed by atoms with van der Waals surface area (Å²) < 4.78 is 28.3. The maximum atomic E-state index is 13.4. The predicted octanol–water partition coefficient (Wildman–Crippen LogP) is 5.44. The van der Waals surface area contributed by atoms with Crippen LogP contribution in [0.15, 0.2) is 72.9 Å². The van der Waals surface area contributed by atoms with Gasteiger partial charge in [-0.15, -0.1) is 5.10 Å². The second-order valence-corrected chi connectivity index (χ2v) is 6.25. The summed E-state index contributed by atoms with van der Waals surface area (Å²) in [5.74, 6) is -0.580. The second-order valence-electron chi connectivity index (χ2n) is 6.25. The van der Waals surface area contributed by atoms with Gasteiger partial charge in [0.25, 0.3) is 0 Å². The van der Waals surface area contributed by atoms with Crippen LogP contribution in [0.3, 0.4) is 0 Å². The van der Waals surface area contributed by atoms with Gasteiger partial charge in [-0.05, 0) is 65.6 Å². The lowest BCUT2D eigenvalue weighted by Gasteiger charge is -2.13. The molecule has 0 aliphatic carbocycles. The van der Waals surface area contributed by atoms with Gasteiger partial charge in [0.2, 0.25) is 0 Å². The molecule has 27 heavy (non-hydrogen) atoms. The zero-order valence-electron chi connectivity index (χ0n) is 14.7. The number of hydrogen-bond acceptors (Lipinski definition) is 2. The van der Waals surface area contributed by atoms with Gasteiger partial charge in [-0.1, -0.05) is 36.4 Å². The Morgan fingerprint density at radius 3 is 2.15 bits per heavy atom. The summed E-state index contributed by atoms with van der Waals surface area (Å²) in [6.07, 6.45) is 2.57. The van der Waals surface area contributed by atoms with Crippen LogP contribution in [-0.2, 0) is 6.42 Å². The molecule has 134 valence electrons. The zero-order valence-corrected chi connectivity index (χ0v) is 14.7. The lowest BCUT2D eigenvalue weighted by molar-refractivity contribution is 0.626. The first kappa shape index (κ1) is 17.1. The molecule has 0 amide bonds. The Kier molecular flexibility index (Phi) is 4.50. The first-order valence-corrected chi connectivity index (χ1v) is 8.71. The topological polar surface area (TPSA) is 30.7 Å². The summed E-state index contributed by atoms with van der Waals surface area (Å²) in [7, 11) is 0. The predicted molar refractivity (Wildman–Crippen MR) is 102 cm³/mol. The van der Waals surface area contributed by atoms with Gasteiger partial charge >= 0.3 is 0 Å². The number of aromatic nitrogens is 3. The molecule has 0 bridgehead atoms. The molecule has 3 nitrogen and oxygen atoms in total. The van der Waals surface area contributed by atoms with Gasteiger partial charge in [0.15, 0.2) is 0 Å². The average Bonchev–Trinajstić information content (AvgIpc) is 3.18. The maximum absolute atomic E-state index is 13.4. The van der Waals surface area contributed by atoms with E-state index in [-0.39, 0.29) is 11.6 Å². The highest BCUT2D eigenvalue weighted by molar-refractivity contribution is 5.82. The fraction of sp³-hybridized carbons (Fsp3) is 0.0909. The highest BCUT2D eigenvalue weighted by atomic mass is 19.1. The largest absolute Gasteiger partial charge is 0.213 e. The lowest BCUT2D eigenvalue weighted by Crippen LogP contribution is -2.01. The summed E-state index contributed by atoms with van der Waals surface area (Å²) in [5.41, 5.74) is 5.48. The minimum Gasteiger partial charge on any atom is -0.213 e. The van der Waals surface area contributed by atoms with E-state index in [4.69, 9.17) is 0 Å². The maximum Gasteiger partial charge on any atom is 0.123 e. The van der Waals surface area contributed by atoms with Crippen LogP contribution >= 0.6 is 0 Å². The van der Waals surface area contributed by atoms with Gasteiger partial charge < -0.3 is 0 Å². The monoisotopic (exact) mass is 361 g/mol. The van der Waals surface area contributed by atoms with Crippen LogP contribution in [0.25, 0.3) is 28.1 Å². The molecule has 0 atom stereocenters. The zero-order chi connectivity index (χ0) is 18.8. The van der Waals surface area contributed by atoms with Crippen LogP contribution in [-0.4, -0.2) is 15.0 Å². The van der Waals surface area contributed by atoms with Crippen molar-refractivity contribution < 1.29 is 8.78 Å². The number of nitrogens with zero attached hydrogens (tertiary/aromatic N) is 3. The van der Waals surface area contributed by atoms with E-state index in [1.54, 1.807) is 35.1 Å². The molecule has 4 rings (SSSR count). The van der Waals surface area contributed by atoms with Gasteiger partial charge in [0.1, 0.15) is 11.6 Å². The third-order valence-corrected chi connectivity index (χ3v) is 4.54. The quantitative estimate of drug-likeness (QED) is 0.484. The smallest absolute Gasteiger partial charge is 0.123 e. The van der Waals surface area contributed by atoms with Gasteiger partial charge in [0, 0.05) is 5.56 Å². The molecule has 0 saturated heterocycles. The number of halogens is 2. The van der Waals surface area contributed by atoms with Crippen molar-refractivity contribution >= 4 is 0 Å². The Balaban J connectivity index is 1.90. The number of aryl methyl sites for hydroxylation is 1. The van der Waals surface area contributed by atoms with Gasteiger partial charge in [-0.3, -0.25) is 0 Å². The first-order valence-electron chi connectivity index (χ1n) is 8.71. The number of hydrogen-bond donors (Lipinski definition) is 0. The minimum atomic E-state index is -0.305. The molecule has 1 aromatic heterocycles. The third-order valence-electron chi connectivity index (χ3n) is 4.54. The van der Waals surface area contributed by atoms with Crippen LogP contribution in [0.5, 0.6) is 0 Å². The van der Waals surface area contributed by atoms with Crippen LogP contribution in [0, 0.1) is 11.6 Å². The van der Waals surface area contributed by atoms with E-state index in [1.165, 1.54) is 29.8 Å². The molecule has 0 N–H and O–H groups in total. The fourth-order valence-electron chi connectivity index (χ4n) is 3.10. The van der Waals surface area contributed by atoms with Gasteiger partial charge in [-0.2, -0.15) is 0 Å². The molecule has 0 unspecified atom stereocenters. The van der Waals surface area contributed by atoms with Gasteiger partial charge in [0.05, 0.1) is 17.6 Å². The summed E-state index contributed by atoms with van der Waals surface area (Å²) in [6.45, 7) is 2.09. The van der Waals surface area contributed by atoms with Crippen LogP contribution in [0.2, 0.25) is 0 Å². The van der Waals surface area contributed by atoms with Crippen molar-refractivity contribution in [3.8, 4) is 28.1 Å². The van der Waals surface area contributed by atoms with Crippen molar-refractivity contribution in [2.24, 2.45) is 0 Å². The van der Waals surface area contributed by atoms with Crippen molar-refractivity contribution in [1.82, 2.24) is 15.0 Å². The number of rotatable bonds is 4. The summed E-state index contributed by atoms with van der Waals surface area (Å²) in [5, 5.41) is 8.24. The molecular formula is C22H17F2N3. The van der Waals surface area contributed by atoms with Crippen molar-refractivity contribution in [3.63, 3.8) is 0 Å². The molecule has 0 fully saturated rings. The summed E-state index contributed by atoms with van der Waals surface area (Å²) in [6, 6.07) is 18.7. The van der Waals surface area contributed by atoms with E-state index in [0.717, 1.165) is 34.5 Å². The summed E-state index contributed by atoms with van der Waals surface area (Å²) in [4.78, 5) is 0. The van der Waals surface area contributed by atoms with Crippen LogP contribution in [0.4, 0.5) is 8.78 Å². The Labute approximate surface area is 155 Å². The lowest BCUT2D eigenvalue weighted by atomic mass is 9.95. The molecule has 0 aliphatic rings. The van der Waals surface area contributed by atoms with Gasteiger partial charge in [-0.25, -0.2) is 13.5 Å². The Bertz CT molecular complexity index is 1070.